The Kier molecular flexibility index (Phi) is 14.7. The van der Waals surface area contributed by atoms with Gasteiger partial charge in [-0.15, -0.1) is 0 Å². The fourth-order valence-corrected chi connectivity index (χ4v) is 4.20. The van der Waals surface area contributed by atoms with Crippen molar-refractivity contribution in [2.45, 2.75) is 51.1 Å². The van der Waals surface area contributed by atoms with Gasteiger partial charge in [0.1, 0.15) is 0 Å². The number of rotatable bonds is 6. The quantitative estimate of drug-likeness (QED) is 0.356. The molecule has 1 aromatic carbocycles. The molecule has 0 amide bonds. The van der Waals surface area contributed by atoms with Gasteiger partial charge in [0.25, 0.3) is 0 Å². The van der Waals surface area contributed by atoms with Crippen molar-refractivity contribution >= 4 is 0 Å². The van der Waals surface area contributed by atoms with Gasteiger partial charge in [0, 0.05) is 26.2 Å². The zero-order valence-electron chi connectivity index (χ0n) is 21.0. The normalized spacial score (nSPS) is 22.1. The van der Waals surface area contributed by atoms with E-state index in [2.05, 4.69) is 56.2 Å². The molecule has 0 bridgehead atoms. The van der Waals surface area contributed by atoms with E-state index >= 15 is 0 Å². The maximum Gasteiger partial charge on any atom is 0.0828 e. The third-order valence-electron chi connectivity index (χ3n) is 6.31. The van der Waals surface area contributed by atoms with Crippen LogP contribution in [0.1, 0.15) is 36.8 Å². The molecule has 8 nitrogen and oxygen atoms in total. The van der Waals surface area contributed by atoms with Crippen LogP contribution < -0.4 is 31.9 Å². The minimum Gasteiger partial charge on any atom is -0.371 e. The zero-order chi connectivity index (χ0) is 23.5. The summed E-state index contributed by atoms with van der Waals surface area (Å²) in [6.07, 6.45) is 5.02. The van der Waals surface area contributed by atoms with E-state index in [1.807, 2.05) is 0 Å². The molecule has 2 saturated heterocycles. The van der Waals surface area contributed by atoms with E-state index in [9.17, 15) is 0 Å². The van der Waals surface area contributed by atoms with Crippen LogP contribution >= 0.6 is 0 Å². The number of hydrogen-bond acceptors (Lipinski definition) is 8. The van der Waals surface area contributed by atoms with E-state index in [1.54, 1.807) is 0 Å². The Balaban J connectivity index is 1.38. The highest BCUT2D eigenvalue weighted by molar-refractivity contribution is 5.21. The highest BCUT2D eigenvalue weighted by atomic mass is 16.5. The van der Waals surface area contributed by atoms with Crippen molar-refractivity contribution in [3.8, 4) is 0 Å². The summed E-state index contributed by atoms with van der Waals surface area (Å²) in [7, 11) is 0. The molecular formula is C26H48N6O2. The highest BCUT2D eigenvalue weighted by Crippen LogP contribution is 2.09. The molecule has 3 rings (SSSR count). The third-order valence-corrected chi connectivity index (χ3v) is 6.31. The maximum absolute atomic E-state index is 6.24. The van der Waals surface area contributed by atoms with E-state index < -0.39 is 0 Å². The fraction of sp³-hybridized carbons (Fsp3) is 0.769. The minimum absolute atomic E-state index is 0.187. The Morgan fingerprint density at radius 2 is 0.765 bits per heavy atom. The molecule has 6 N–H and O–H groups in total. The van der Waals surface area contributed by atoms with Gasteiger partial charge in [-0.3, -0.25) is 0 Å². The minimum atomic E-state index is 0.187. The molecule has 2 fully saturated rings. The van der Waals surface area contributed by atoms with Crippen LogP contribution in [-0.2, 0) is 22.7 Å². The van der Waals surface area contributed by atoms with Gasteiger partial charge >= 0.3 is 0 Å². The van der Waals surface area contributed by atoms with Crippen molar-refractivity contribution < 1.29 is 9.47 Å². The molecule has 1 aromatic rings. The second-order valence-corrected chi connectivity index (χ2v) is 9.41. The van der Waals surface area contributed by atoms with Crippen molar-refractivity contribution in [3.05, 3.63) is 35.4 Å². The van der Waals surface area contributed by atoms with E-state index in [4.69, 9.17) is 9.47 Å². The molecular weight excluding hydrogens is 428 g/mol. The Morgan fingerprint density at radius 1 is 0.471 bits per heavy atom. The van der Waals surface area contributed by atoms with Crippen LogP contribution in [0, 0.1) is 0 Å². The lowest BCUT2D eigenvalue weighted by Crippen LogP contribution is -2.40. The monoisotopic (exact) mass is 476 g/mol. The lowest BCUT2D eigenvalue weighted by Gasteiger charge is -2.21. The summed E-state index contributed by atoms with van der Waals surface area (Å²) in [6.45, 7) is 13.3. The molecule has 2 aliphatic heterocycles. The van der Waals surface area contributed by atoms with Crippen LogP contribution in [0.25, 0.3) is 0 Å². The average molecular weight is 477 g/mol. The topological polar surface area (TPSA) is 90.6 Å². The van der Waals surface area contributed by atoms with Crippen LogP contribution in [-0.4, -0.2) is 90.7 Å². The van der Waals surface area contributed by atoms with Crippen molar-refractivity contribution in [1.82, 2.24) is 31.9 Å². The van der Waals surface area contributed by atoms with Crippen LogP contribution in [0.3, 0.4) is 0 Å². The largest absolute Gasteiger partial charge is 0.371 e. The Morgan fingerprint density at radius 3 is 1.09 bits per heavy atom. The van der Waals surface area contributed by atoms with Crippen LogP contribution in [0.5, 0.6) is 0 Å². The lowest BCUT2D eigenvalue weighted by atomic mass is 10.1. The van der Waals surface area contributed by atoms with E-state index in [0.29, 0.717) is 13.2 Å². The lowest BCUT2D eigenvalue weighted by molar-refractivity contribution is 0.0395. The second kappa shape index (κ2) is 18.2. The number of ether oxygens (including phenoxy) is 2. The molecule has 0 saturated carbocycles. The first-order valence-corrected chi connectivity index (χ1v) is 13.5. The molecule has 0 aromatic heterocycles. The summed E-state index contributed by atoms with van der Waals surface area (Å²) < 4.78 is 12.5. The van der Waals surface area contributed by atoms with Crippen molar-refractivity contribution in [3.63, 3.8) is 0 Å². The summed E-state index contributed by atoms with van der Waals surface area (Å²) in [4.78, 5) is 0. The van der Waals surface area contributed by atoms with Crippen LogP contribution in [0.4, 0.5) is 0 Å². The molecule has 2 aliphatic rings. The van der Waals surface area contributed by atoms with Gasteiger partial charge in [-0.2, -0.15) is 0 Å². The predicted molar refractivity (Wildman–Crippen MR) is 139 cm³/mol. The Hall–Kier alpha value is -1.10. The first-order chi connectivity index (χ1) is 16.9. The second-order valence-electron chi connectivity index (χ2n) is 9.41. The van der Waals surface area contributed by atoms with Crippen molar-refractivity contribution in [2.24, 2.45) is 0 Å². The first-order valence-electron chi connectivity index (χ1n) is 13.5. The molecule has 0 spiro atoms. The summed E-state index contributed by atoms with van der Waals surface area (Å²) in [6, 6.07) is 8.69. The van der Waals surface area contributed by atoms with Crippen molar-refractivity contribution in [1.29, 1.82) is 0 Å². The van der Waals surface area contributed by atoms with Gasteiger partial charge in [0.15, 0.2) is 0 Å². The predicted octanol–water partition coefficient (Wildman–Crippen LogP) is 0.582. The molecule has 8 heteroatoms. The molecule has 34 heavy (non-hydrogen) atoms. The summed E-state index contributed by atoms with van der Waals surface area (Å²) in [5.41, 5.74) is 2.42. The number of nitrogens with one attached hydrogen (secondary N) is 6. The molecule has 0 aliphatic carbocycles. The molecule has 0 atom stereocenters. The first kappa shape index (κ1) is 27.5. The standard InChI is InChI=1S/C26H48N6O2/c1-9-27-10-2-14-30-18-25(17-29-13-1)33-21-23-5-7-24(8-6-23)22-34-26-19-31-15-3-11-28-12-4-16-32-20-26/h5-8,25-32H,1-4,9-22H2. The Bertz CT molecular complexity index is 541. The van der Waals surface area contributed by atoms with Gasteiger partial charge < -0.3 is 41.4 Å². The van der Waals surface area contributed by atoms with Crippen LogP contribution in [0.15, 0.2) is 24.3 Å². The summed E-state index contributed by atoms with van der Waals surface area (Å²) in [5, 5.41) is 21.1. The molecule has 0 radical (unpaired) electrons. The summed E-state index contributed by atoms with van der Waals surface area (Å²) in [5.74, 6) is 0. The fourth-order valence-electron chi connectivity index (χ4n) is 4.20. The van der Waals surface area contributed by atoms with Gasteiger partial charge in [-0.1, -0.05) is 24.3 Å². The zero-order valence-corrected chi connectivity index (χ0v) is 21.0. The van der Waals surface area contributed by atoms with Gasteiger partial charge in [-0.25, -0.2) is 0 Å². The maximum atomic E-state index is 6.24. The molecule has 0 unspecified atom stereocenters. The van der Waals surface area contributed by atoms with E-state index in [0.717, 1.165) is 104 Å². The van der Waals surface area contributed by atoms with E-state index in [-0.39, 0.29) is 12.2 Å². The molecule has 2 heterocycles. The SMILES string of the molecule is c1cc(COC2CNCCCNCCCNC2)ccc1COC1CNCCCNCCCNC1. The number of hydrogen-bond donors (Lipinski definition) is 6. The summed E-state index contributed by atoms with van der Waals surface area (Å²) >= 11 is 0. The van der Waals surface area contributed by atoms with E-state index in [1.165, 1.54) is 11.1 Å². The third kappa shape index (κ3) is 12.6. The van der Waals surface area contributed by atoms with Crippen LogP contribution in [0.2, 0.25) is 0 Å². The van der Waals surface area contributed by atoms with Gasteiger partial charge in [-0.05, 0) is 89.2 Å². The van der Waals surface area contributed by atoms with Gasteiger partial charge in [0.05, 0.1) is 25.4 Å². The highest BCUT2D eigenvalue weighted by Gasteiger charge is 2.11. The smallest absolute Gasteiger partial charge is 0.0828 e. The van der Waals surface area contributed by atoms with Crippen molar-refractivity contribution in [2.75, 3.05) is 78.5 Å². The average Bonchev–Trinajstić information content (AvgIpc) is 2.84. The molecule has 194 valence electrons. The van der Waals surface area contributed by atoms with Gasteiger partial charge in [0.2, 0.25) is 0 Å². The Labute approximate surface area is 206 Å². The number of benzene rings is 1.